The van der Waals surface area contributed by atoms with E-state index in [0.717, 1.165) is 11.1 Å². The lowest BCUT2D eigenvalue weighted by Gasteiger charge is -2.11. The molecule has 0 saturated carbocycles. The van der Waals surface area contributed by atoms with Crippen molar-refractivity contribution in [2.45, 2.75) is 26.7 Å². The quantitative estimate of drug-likeness (QED) is 0.756. The second kappa shape index (κ2) is 3.60. The molecule has 0 amide bonds. The van der Waals surface area contributed by atoms with Crippen LogP contribution in [0.25, 0.3) is 0 Å². The van der Waals surface area contributed by atoms with Gasteiger partial charge in [0.2, 0.25) is 0 Å². The normalized spacial score (nSPS) is 10.5. The summed E-state index contributed by atoms with van der Waals surface area (Å²) in [5.74, 6) is -0.576. The molecule has 0 aromatic heterocycles. The number of aryl methyl sites for hydroxylation is 1. The van der Waals surface area contributed by atoms with Gasteiger partial charge in [0, 0.05) is 0 Å². The molecular formula is C11H14O2. The summed E-state index contributed by atoms with van der Waals surface area (Å²) >= 11 is 0. The van der Waals surface area contributed by atoms with Crippen LogP contribution in [-0.2, 0) is 0 Å². The number of aromatic carboxylic acids is 1. The third-order valence-electron chi connectivity index (χ3n) is 2.14. The summed E-state index contributed by atoms with van der Waals surface area (Å²) in [6.45, 7) is 5.83. The molecule has 0 spiro atoms. The van der Waals surface area contributed by atoms with Gasteiger partial charge in [-0.15, -0.1) is 0 Å². The topological polar surface area (TPSA) is 37.3 Å². The summed E-state index contributed by atoms with van der Waals surface area (Å²) in [5, 5.41) is 9.00. The maximum atomic E-state index is 10.9. The number of hydrogen-bond acceptors (Lipinski definition) is 1. The van der Waals surface area contributed by atoms with Crippen molar-refractivity contribution in [2.24, 2.45) is 0 Å². The van der Waals surface area contributed by atoms with Gasteiger partial charge in [0.25, 0.3) is 0 Å². The van der Waals surface area contributed by atoms with Gasteiger partial charge >= 0.3 is 5.97 Å². The Balaban J connectivity index is 3.34. The zero-order valence-corrected chi connectivity index (χ0v) is 8.16. The van der Waals surface area contributed by atoms with Gasteiger partial charge < -0.3 is 5.11 Å². The summed E-state index contributed by atoms with van der Waals surface area (Å²) in [4.78, 5) is 10.9. The van der Waals surface area contributed by atoms with E-state index in [1.165, 1.54) is 0 Å². The lowest BCUT2D eigenvalue weighted by atomic mass is 9.94. The first kappa shape index (κ1) is 9.78. The van der Waals surface area contributed by atoms with Crippen molar-refractivity contribution in [3.8, 4) is 0 Å². The van der Waals surface area contributed by atoms with Crippen molar-refractivity contribution in [3.05, 3.63) is 34.9 Å². The van der Waals surface area contributed by atoms with Crippen LogP contribution < -0.4 is 0 Å². The SMILES string of the molecule is Cc1cccc(C(C)C)c1C(=O)O. The largest absolute Gasteiger partial charge is 0.478 e. The molecule has 1 aromatic rings. The number of carboxylic acids is 1. The molecule has 0 radical (unpaired) electrons. The van der Waals surface area contributed by atoms with Crippen molar-refractivity contribution in [1.29, 1.82) is 0 Å². The minimum absolute atomic E-state index is 0.256. The summed E-state index contributed by atoms with van der Waals surface area (Å²) in [5.41, 5.74) is 2.20. The molecule has 1 aromatic carbocycles. The first-order valence-electron chi connectivity index (χ1n) is 4.37. The maximum absolute atomic E-state index is 10.9. The first-order valence-corrected chi connectivity index (χ1v) is 4.37. The van der Waals surface area contributed by atoms with Crippen LogP contribution in [0.1, 0.15) is 41.3 Å². The molecule has 70 valence electrons. The fourth-order valence-electron chi connectivity index (χ4n) is 1.46. The van der Waals surface area contributed by atoms with Crippen LogP contribution in [0.3, 0.4) is 0 Å². The van der Waals surface area contributed by atoms with Crippen molar-refractivity contribution >= 4 is 5.97 Å². The third-order valence-corrected chi connectivity index (χ3v) is 2.14. The van der Waals surface area contributed by atoms with Gasteiger partial charge in [0.05, 0.1) is 5.56 Å². The van der Waals surface area contributed by atoms with E-state index in [1.807, 2.05) is 39.0 Å². The molecule has 0 aliphatic heterocycles. The van der Waals surface area contributed by atoms with Crippen molar-refractivity contribution in [1.82, 2.24) is 0 Å². The van der Waals surface area contributed by atoms with Gasteiger partial charge in [-0.1, -0.05) is 32.0 Å². The molecule has 0 aliphatic carbocycles. The molecule has 0 heterocycles. The van der Waals surface area contributed by atoms with Crippen molar-refractivity contribution in [2.75, 3.05) is 0 Å². The predicted octanol–water partition coefficient (Wildman–Crippen LogP) is 2.82. The zero-order valence-electron chi connectivity index (χ0n) is 8.16. The van der Waals surface area contributed by atoms with E-state index in [2.05, 4.69) is 0 Å². The van der Waals surface area contributed by atoms with Gasteiger partial charge in [-0.3, -0.25) is 0 Å². The van der Waals surface area contributed by atoms with Crippen LogP contribution >= 0.6 is 0 Å². The zero-order chi connectivity index (χ0) is 10.0. The number of carboxylic acid groups (broad SMARTS) is 1. The average molecular weight is 178 g/mol. The predicted molar refractivity (Wildman–Crippen MR) is 52.2 cm³/mol. The Morgan fingerprint density at radius 3 is 2.38 bits per heavy atom. The molecule has 0 aliphatic rings. The van der Waals surface area contributed by atoms with Crippen LogP contribution in [0, 0.1) is 6.92 Å². The Morgan fingerprint density at radius 1 is 1.38 bits per heavy atom. The smallest absolute Gasteiger partial charge is 0.336 e. The van der Waals surface area contributed by atoms with Gasteiger partial charge in [0.15, 0.2) is 0 Å². The molecular weight excluding hydrogens is 164 g/mol. The van der Waals surface area contributed by atoms with Gasteiger partial charge in [-0.2, -0.15) is 0 Å². The Morgan fingerprint density at radius 2 is 2.00 bits per heavy atom. The molecule has 0 unspecified atom stereocenters. The third kappa shape index (κ3) is 1.89. The van der Waals surface area contributed by atoms with E-state index >= 15 is 0 Å². The Hall–Kier alpha value is -1.31. The van der Waals surface area contributed by atoms with E-state index in [0.29, 0.717) is 5.56 Å². The second-order valence-corrected chi connectivity index (χ2v) is 3.50. The van der Waals surface area contributed by atoms with Crippen molar-refractivity contribution in [3.63, 3.8) is 0 Å². The van der Waals surface area contributed by atoms with Crippen LogP contribution in [0.5, 0.6) is 0 Å². The average Bonchev–Trinajstić information content (AvgIpc) is 2.02. The highest BCUT2D eigenvalue weighted by Gasteiger charge is 2.14. The van der Waals surface area contributed by atoms with E-state index in [1.54, 1.807) is 0 Å². The lowest BCUT2D eigenvalue weighted by molar-refractivity contribution is 0.0694. The van der Waals surface area contributed by atoms with E-state index < -0.39 is 5.97 Å². The molecule has 2 nitrogen and oxygen atoms in total. The lowest BCUT2D eigenvalue weighted by Crippen LogP contribution is -2.06. The minimum atomic E-state index is -0.832. The van der Waals surface area contributed by atoms with E-state index in [4.69, 9.17) is 5.11 Å². The van der Waals surface area contributed by atoms with Crippen LogP contribution in [0.15, 0.2) is 18.2 Å². The highest BCUT2D eigenvalue weighted by molar-refractivity contribution is 5.91. The summed E-state index contributed by atoms with van der Waals surface area (Å²) < 4.78 is 0. The van der Waals surface area contributed by atoms with Crippen LogP contribution in [-0.4, -0.2) is 11.1 Å². The number of benzene rings is 1. The molecule has 2 heteroatoms. The molecule has 0 saturated heterocycles. The van der Waals surface area contributed by atoms with E-state index in [-0.39, 0.29) is 5.92 Å². The molecule has 0 atom stereocenters. The Kier molecular flexibility index (Phi) is 2.71. The molecule has 13 heavy (non-hydrogen) atoms. The Labute approximate surface area is 78.2 Å². The van der Waals surface area contributed by atoms with Crippen LogP contribution in [0.2, 0.25) is 0 Å². The fraction of sp³-hybridized carbons (Fsp3) is 0.364. The molecule has 1 rings (SSSR count). The highest BCUT2D eigenvalue weighted by atomic mass is 16.4. The molecule has 0 fully saturated rings. The monoisotopic (exact) mass is 178 g/mol. The highest BCUT2D eigenvalue weighted by Crippen LogP contribution is 2.21. The summed E-state index contributed by atoms with van der Waals surface area (Å²) in [7, 11) is 0. The number of hydrogen-bond donors (Lipinski definition) is 1. The second-order valence-electron chi connectivity index (χ2n) is 3.50. The standard InChI is InChI=1S/C11H14O2/c1-7(2)9-6-4-5-8(3)10(9)11(12)13/h4-7H,1-3H3,(H,12,13). The van der Waals surface area contributed by atoms with Gasteiger partial charge in [0.1, 0.15) is 0 Å². The number of rotatable bonds is 2. The van der Waals surface area contributed by atoms with Crippen molar-refractivity contribution < 1.29 is 9.90 Å². The summed E-state index contributed by atoms with van der Waals surface area (Å²) in [6, 6.07) is 5.60. The first-order chi connectivity index (χ1) is 6.04. The van der Waals surface area contributed by atoms with E-state index in [9.17, 15) is 4.79 Å². The maximum Gasteiger partial charge on any atom is 0.336 e. The van der Waals surface area contributed by atoms with Gasteiger partial charge in [-0.25, -0.2) is 4.79 Å². The molecule has 1 N–H and O–H groups in total. The Bertz CT molecular complexity index is 327. The van der Waals surface area contributed by atoms with Gasteiger partial charge in [-0.05, 0) is 24.0 Å². The molecule has 0 bridgehead atoms. The fourth-order valence-corrected chi connectivity index (χ4v) is 1.46. The minimum Gasteiger partial charge on any atom is -0.478 e. The summed E-state index contributed by atoms with van der Waals surface area (Å²) in [6.07, 6.45) is 0. The number of carbonyl (C=O) groups is 1. The van der Waals surface area contributed by atoms with Crippen LogP contribution in [0.4, 0.5) is 0 Å².